The van der Waals surface area contributed by atoms with E-state index in [4.69, 9.17) is 9.47 Å². The van der Waals surface area contributed by atoms with E-state index in [-0.39, 0.29) is 17.8 Å². The number of ether oxygens (including phenoxy) is 2. The molecule has 8 heteroatoms. The van der Waals surface area contributed by atoms with Crippen molar-refractivity contribution in [2.24, 2.45) is 7.05 Å². The summed E-state index contributed by atoms with van der Waals surface area (Å²) in [6.45, 7) is 8.51. The highest BCUT2D eigenvalue weighted by atomic mass is 19.1. The second kappa shape index (κ2) is 7.52. The number of aromatic nitrogens is 3. The number of fused-ring (bicyclic) bond motifs is 1. The molecule has 1 amide bonds. The molecule has 0 aliphatic carbocycles. The van der Waals surface area contributed by atoms with Gasteiger partial charge in [0, 0.05) is 42.9 Å². The fraction of sp³-hybridized carbons (Fsp3) is 0.455. The normalized spacial score (nSPS) is 18.3. The number of aryl methyl sites for hydroxylation is 2. The Kier molecular flexibility index (Phi) is 5.15. The zero-order valence-corrected chi connectivity index (χ0v) is 18.0. The average Bonchev–Trinajstić information content (AvgIpc) is 3.30. The van der Waals surface area contributed by atoms with Gasteiger partial charge < -0.3 is 19.4 Å². The average molecular weight is 414 g/mol. The molecule has 30 heavy (non-hydrogen) atoms. The molecule has 1 atom stereocenters. The predicted octanol–water partition coefficient (Wildman–Crippen LogP) is 3.45. The van der Waals surface area contributed by atoms with Gasteiger partial charge in [-0.15, -0.1) is 0 Å². The number of benzene rings is 1. The number of nitrogens with one attached hydrogen (secondary N) is 1. The molecule has 0 bridgehead atoms. The van der Waals surface area contributed by atoms with Crippen LogP contribution in [-0.4, -0.2) is 50.6 Å². The molecule has 2 aromatic heterocycles. The van der Waals surface area contributed by atoms with Crippen LogP contribution in [0.5, 0.6) is 0 Å². The van der Waals surface area contributed by atoms with Gasteiger partial charge in [0.25, 0.3) is 5.91 Å². The summed E-state index contributed by atoms with van der Waals surface area (Å²) in [5, 5.41) is 5.15. The maximum atomic E-state index is 13.8. The summed E-state index contributed by atoms with van der Waals surface area (Å²) >= 11 is 0. The zero-order chi connectivity index (χ0) is 21.6. The number of amides is 1. The summed E-state index contributed by atoms with van der Waals surface area (Å²) in [6, 6.07) is 4.61. The quantitative estimate of drug-likeness (QED) is 0.694. The van der Waals surface area contributed by atoms with E-state index in [0.717, 1.165) is 22.2 Å². The Morgan fingerprint density at radius 2 is 2.17 bits per heavy atom. The van der Waals surface area contributed by atoms with Crippen LogP contribution in [0, 0.1) is 19.7 Å². The summed E-state index contributed by atoms with van der Waals surface area (Å²) in [6.07, 6.45) is 1.58. The maximum absolute atomic E-state index is 13.8. The minimum Gasteiger partial charge on any atom is -0.361 e. The van der Waals surface area contributed by atoms with Crippen molar-refractivity contribution in [1.82, 2.24) is 19.7 Å². The predicted molar refractivity (Wildman–Crippen MR) is 111 cm³/mol. The first kappa shape index (κ1) is 20.6. The molecular weight excluding hydrogens is 387 g/mol. The maximum Gasteiger partial charge on any atom is 0.257 e. The van der Waals surface area contributed by atoms with Crippen LogP contribution in [0.2, 0.25) is 0 Å². The first-order valence-corrected chi connectivity index (χ1v) is 10.0. The Morgan fingerprint density at radius 1 is 1.40 bits per heavy atom. The zero-order valence-electron chi connectivity index (χ0n) is 18.0. The van der Waals surface area contributed by atoms with E-state index in [2.05, 4.69) is 10.1 Å². The lowest BCUT2D eigenvalue weighted by Gasteiger charge is -2.26. The van der Waals surface area contributed by atoms with Gasteiger partial charge in [0.15, 0.2) is 5.79 Å². The minimum atomic E-state index is -0.677. The molecule has 4 rings (SSSR count). The van der Waals surface area contributed by atoms with Crippen molar-refractivity contribution in [1.29, 1.82) is 0 Å². The first-order valence-electron chi connectivity index (χ1n) is 10.0. The first-order chi connectivity index (χ1) is 14.1. The third kappa shape index (κ3) is 3.85. The van der Waals surface area contributed by atoms with Crippen LogP contribution in [0.1, 0.15) is 41.2 Å². The van der Waals surface area contributed by atoms with Gasteiger partial charge in [0.05, 0.1) is 17.9 Å². The SMILES string of the molecule is Cc1nn(C)c(C)c1C(=O)N(Cc1c[nH]c2ccc(F)cc12)CC1COC(C)(C)O1. The van der Waals surface area contributed by atoms with Crippen molar-refractivity contribution in [3.05, 3.63) is 52.7 Å². The highest BCUT2D eigenvalue weighted by Gasteiger charge is 2.35. The lowest BCUT2D eigenvalue weighted by atomic mass is 10.1. The molecule has 1 N–H and O–H groups in total. The molecule has 3 heterocycles. The number of halogens is 1. The number of hydrogen-bond donors (Lipinski definition) is 1. The Balaban J connectivity index is 1.67. The Hall–Kier alpha value is -2.71. The molecule has 0 radical (unpaired) electrons. The molecule has 160 valence electrons. The molecule has 1 aliphatic rings. The van der Waals surface area contributed by atoms with Gasteiger partial charge in [-0.3, -0.25) is 9.48 Å². The van der Waals surface area contributed by atoms with Gasteiger partial charge in [0.1, 0.15) is 11.9 Å². The van der Waals surface area contributed by atoms with Crippen LogP contribution in [0.4, 0.5) is 4.39 Å². The lowest BCUT2D eigenvalue weighted by Crippen LogP contribution is -2.39. The number of rotatable bonds is 5. The third-order valence-electron chi connectivity index (χ3n) is 5.59. The fourth-order valence-corrected chi connectivity index (χ4v) is 4.05. The van der Waals surface area contributed by atoms with Gasteiger partial charge >= 0.3 is 0 Å². The Morgan fingerprint density at radius 3 is 2.80 bits per heavy atom. The lowest BCUT2D eigenvalue weighted by molar-refractivity contribution is -0.139. The number of hydrogen-bond acceptors (Lipinski definition) is 4. The molecule has 3 aromatic rings. The standard InChI is InChI=1S/C22H27FN4O3/c1-13-20(14(2)26(5)25-13)21(28)27(11-17-12-29-22(3,4)30-17)10-15-9-24-19-7-6-16(23)8-18(15)19/h6-9,17,24H,10-12H2,1-5H3. The number of carbonyl (C=O) groups excluding carboxylic acids is 1. The third-order valence-corrected chi connectivity index (χ3v) is 5.59. The molecular formula is C22H27FN4O3. The number of H-pyrrole nitrogens is 1. The molecule has 1 fully saturated rings. The largest absolute Gasteiger partial charge is 0.361 e. The fourth-order valence-electron chi connectivity index (χ4n) is 4.05. The smallest absolute Gasteiger partial charge is 0.257 e. The molecule has 0 spiro atoms. The van der Waals surface area contributed by atoms with E-state index in [1.54, 1.807) is 15.6 Å². The van der Waals surface area contributed by atoms with Crippen molar-refractivity contribution in [2.45, 2.75) is 46.1 Å². The summed E-state index contributed by atoms with van der Waals surface area (Å²) in [5.74, 6) is -1.12. The molecule has 1 aliphatic heterocycles. The van der Waals surface area contributed by atoms with Crippen molar-refractivity contribution < 1.29 is 18.7 Å². The van der Waals surface area contributed by atoms with E-state index in [0.29, 0.717) is 31.0 Å². The van der Waals surface area contributed by atoms with Crippen LogP contribution in [0.3, 0.4) is 0 Å². The van der Waals surface area contributed by atoms with Gasteiger partial charge in [-0.05, 0) is 51.5 Å². The van der Waals surface area contributed by atoms with Gasteiger partial charge in [-0.2, -0.15) is 5.10 Å². The summed E-state index contributed by atoms with van der Waals surface area (Å²) in [4.78, 5) is 18.5. The van der Waals surface area contributed by atoms with Gasteiger partial charge in [0.2, 0.25) is 0 Å². The van der Waals surface area contributed by atoms with E-state index in [9.17, 15) is 9.18 Å². The number of nitrogens with zero attached hydrogens (tertiary/aromatic N) is 3. The van der Waals surface area contributed by atoms with E-state index in [1.807, 2.05) is 40.9 Å². The van der Waals surface area contributed by atoms with Gasteiger partial charge in [-0.25, -0.2) is 4.39 Å². The summed E-state index contributed by atoms with van der Waals surface area (Å²) < 4.78 is 27.2. The second-order valence-corrected chi connectivity index (χ2v) is 8.31. The van der Waals surface area contributed by atoms with E-state index >= 15 is 0 Å². The van der Waals surface area contributed by atoms with Crippen LogP contribution < -0.4 is 0 Å². The van der Waals surface area contributed by atoms with Crippen LogP contribution >= 0.6 is 0 Å². The molecule has 7 nitrogen and oxygen atoms in total. The van der Waals surface area contributed by atoms with Crippen molar-refractivity contribution >= 4 is 16.8 Å². The van der Waals surface area contributed by atoms with Crippen LogP contribution in [0.25, 0.3) is 10.9 Å². The highest BCUT2D eigenvalue weighted by Crippen LogP contribution is 2.26. The van der Waals surface area contributed by atoms with Crippen molar-refractivity contribution in [3.8, 4) is 0 Å². The Bertz CT molecular complexity index is 1100. The molecule has 1 unspecified atom stereocenters. The van der Waals surface area contributed by atoms with Gasteiger partial charge in [-0.1, -0.05) is 0 Å². The monoisotopic (exact) mass is 414 g/mol. The van der Waals surface area contributed by atoms with Crippen molar-refractivity contribution in [2.75, 3.05) is 13.2 Å². The molecule has 1 aromatic carbocycles. The molecule has 0 saturated carbocycles. The molecule has 1 saturated heterocycles. The van der Waals surface area contributed by atoms with Crippen LogP contribution in [0.15, 0.2) is 24.4 Å². The van der Waals surface area contributed by atoms with Crippen LogP contribution in [-0.2, 0) is 23.1 Å². The Labute approximate surface area is 174 Å². The highest BCUT2D eigenvalue weighted by molar-refractivity contribution is 5.96. The topological polar surface area (TPSA) is 72.4 Å². The van der Waals surface area contributed by atoms with Crippen molar-refractivity contribution in [3.63, 3.8) is 0 Å². The van der Waals surface area contributed by atoms with E-state index in [1.165, 1.54) is 12.1 Å². The number of aromatic amines is 1. The number of carbonyl (C=O) groups is 1. The summed E-state index contributed by atoms with van der Waals surface area (Å²) in [7, 11) is 1.82. The summed E-state index contributed by atoms with van der Waals surface area (Å²) in [5.41, 5.74) is 3.74. The minimum absolute atomic E-state index is 0.128. The van der Waals surface area contributed by atoms with E-state index < -0.39 is 5.79 Å². The second-order valence-electron chi connectivity index (χ2n) is 8.31.